The third-order valence-corrected chi connectivity index (χ3v) is 14.4. The number of nitrogens with one attached hydrogen (secondary N) is 2. The number of aliphatic hydroxyl groups excluding tert-OH is 2. The minimum Gasteiger partial charge on any atom is -0.477 e. The van der Waals surface area contributed by atoms with Crippen LogP contribution in [0.3, 0.4) is 0 Å². The van der Waals surface area contributed by atoms with E-state index in [2.05, 4.69) is 9.80 Å². The summed E-state index contributed by atoms with van der Waals surface area (Å²) in [5.41, 5.74) is 0.111. The van der Waals surface area contributed by atoms with Crippen molar-refractivity contribution in [2.45, 2.75) is 102 Å². The standard InChI is InChI=1S/C36H52N6O8S2/c1-19(43)29-23-17-25(31(35(47)48)41(23)33(29)45)51-15-3-5-27(37)39-11-7-21(8-12-39)22-9-13-40(14-10-22)28(38)6-4-16-52-26-18-24-30(20(2)44)34(46)42(24)32(26)36(49)50/h19-24,29-30,37-38,43-44H,3-18H2,1-2H3,(H,47,48)(H,49,50)/t19?,20?,23?,24?,29-,30+. The van der Waals surface area contributed by atoms with E-state index in [0.29, 0.717) is 70.5 Å². The number of fused-ring (bicyclic) bond motifs is 2. The summed E-state index contributed by atoms with van der Waals surface area (Å²) < 4.78 is 0. The predicted molar refractivity (Wildman–Crippen MR) is 198 cm³/mol. The van der Waals surface area contributed by atoms with Crippen LogP contribution >= 0.6 is 23.5 Å². The molecule has 16 heteroatoms. The zero-order valence-corrected chi connectivity index (χ0v) is 31.6. The summed E-state index contributed by atoms with van der Waals surface area (Å²) >= 11 is 2.91. The normalized spacial score (nSPS) is 27.8. The van der Waals surface area contributed by atoms with Crippen LogP contribution in [0.1, 0.15) is 78.1 Å². The summed E-state index contributed by atoms with van der Waals surface area (Å²) in [7, 11) is 0. The van der Waals surface area contributed by atoms with Gasteiger partial charge in [-0.3, -0.25) is 20.4 Å². The maximum Gasteiger partial charge on any atom is 0.353 e. The summed E-state index contributed by atoms with van der Waals surface area (Å²) in [4.78, 5) is 57.1. The molecule has 6 atom stereocenters. The Morgan fingerprint density at radius 3 is 1.35 bits per heavy atom. The number of thioether (sulfide) groups is 2. The van der Waals surface area contributed by atoms with E-state index in [1.54, 1.807) is 13.8 Å². The summed E-state index contributed by atoms with van der Waals surface area (Å²) in [5, 5.41) is 56.7. The topological polar surface area (TPSA) is 210 Å². The number of aliphatic hydroxyl groups is 2. The van der Waals surface area contributed by atoms with E-state index in [4.69, 9.17) is 10.8 Å². The van der Waals surface area contributed by atoms with E-state index in [-0.39, 0.29) is 35.3 Å². The van der Waals surface area contributed by atoms with Crippen molar-refractivity contribution in [3.8, 4) is 0 Å². The maximum absolute atomic E-state index is 12.4. The Bertz CT molecular complexity index is 1420. The minimum atomic E-state index is -1.11. The minimum absolute atomic E-state index is 0.0555. The van der Waals surface area contributed by atoms with E-state index >= 15 is 0 Å². The molecule has 52 heavy (non-hydrogen) atoms. The van der Waals surface area contributed by atoms with Crippen molar-refractivity contribution in [2.24, 2.45) is 23.7 Å². The Morgan fingerprint density at radius 1 is 0.692 bits per heavy atom. The van der Waals surface area contributed by atoms with Crippen LogP contribution in [0.25, 0.3) is 0 Å². The molecule has 4 saturated heterocycles. The zero-order valence-electron chi connectivity index (χ0n) is 30.0. The lowest BCUT2D eigenvalue weighted by Gasteiger charge is -2.44. The fourth-order valence-electron chi connectivity index (χ4n) is 9.19. The highest BCUT2D eigenvalue weighted by Gasteiger charge is 2.57. The molecule has 6 N–H and O–H groups in total. The number of likely N-dealkylation sites (tertiary alicyclic amines) is 2. The number of nitrogens with zero attached hydrogens (tertiary/aromatic N) is 4. The summed E-state index contributed by atoms with van der Waals surface area (Å²) in [6, 6.07) is -0.551. The zero-order chi connectivity index (χ0) is 37.4. The van der Waals surface area contributed by atoms with Gasteiger partial charge in [-0.1, -0.05) is 0 Å². The van der Waals surface area contributed by atoms with Crippen LogP contribution in [0.2, 0.25) is 0 Å². The fourth-order valence-corrected chi connectivity index (χ4v) is 11.5. The molecule has 0 aromatic heterocycles. The Balaban J connectivity index is 0.852. The third kappa shape index (κ3) is 7.49. The van der Waals surface area contributed by atoms with Crippen LogP contribution in [-0.4, -0.2) is 137 Å². The van der Waals surface area contributed by atoms with Crippen molar-refractivity contribution in [1.29, 1.82) is 10.8 Å². The summed E-state index contributed by atoms with van der Waals surface area (Å²) in [5.74, 6) is -0.122. The lowest BCUT2D eigenvalue weighted by molar-refractivity contribution is -0.161. The average Bonchev–Trinajstić information content (AvgIpc) is 3.61. The van der Waals surface area contributed by atoms with E-state index < -0.39 is 36.0 Å². The molecule has 4 unspecified atom stereocenters. The van der Waals surface area contributed by atoms with Crippen LogP contribution in [-0.2, 0) is 19.2 Å². The van der Waals surface area contributed by atoms with Crippen LogP contribution in [0.15, 0.2) is 21.2 Å². The molecule has 0 radical (unpaired) electrons. The van der Waals surface area contributed by atoms with Gasteiger partial charge in [-0.05, 0) is 75.7 Å². The molecule has 6 rings (SSSR count). The highest BCUT2D eigenvalue weighted by atomic mass is 32.2. The first kappa shape index (κ1) is 38.6. The second-order valence-electron chi connectivity index (χ2n) is 15.1. The molecule has 0 saturated carbocycles. The molecule has 6 aliphatic heterocycles. The van der Waals surface area contributed by atoms with E-state index in [1.165, 1.54) is 33.3 Å². The van der Waals surface area contributed by atoms with E-state index in [1.807, 2.05) is 0 Å². The molecule has 6 heterocycles. The lowest BCUT2D eigenvalue weighted by Crippen LogP contribution is -2.61. The monoisotopic (exact) mass is 760 g/mol. The van der Waals surface area contributed by atoms with Gasteiger partial charge in [0.05, 0.1) is 47.8 Å². The molecule has 0 bridgehead atoms. The molecule has 0 aliphatic carbocycles. The number of amides is 2. The number of piperidine rings is 2. The number of rotatable bonds is 15. The molecule has 286 valence electrons. The molecular weight excluding hydrogens is 709 g/mol. The van der Waals surface area contributed by atoms with Gasteiger partial charge in [-0.15, -0.1) is 23.5 Å². The van der Waals surface area contributed by atoms with Crippen LogP contribution in [0.5, 0.6) is 0 Å². The van der Waals surface area contributed by atoms with Crippen LogP contribution < -0.4 is 0 Å². The van der Waals surface area contributed by atoms with Gasteiger partial charge in [0.1, 0.15) is 11.4 Å². The van der Waals surface area contributed by atoms with Gasteiger partial charge >= 0.3 is 11.9 Å². The SMILES string of the molecule is CC(O)[C@H]1C(=O)N2C(C(=O)O)=C(SCCCC(=N)N3CCC(C4CCN(C(=N)CCCSC5=C(C(=O)O)N6C(=O)[C@@H](C(C)O)C6C5)CC4)CC3)CC12. The van der Waals surface area contributed by atoms with Gasteiger partial charge in [-0.2, -0.15) is 0 Å². The van der Waals surface area contributed by atoms with Crippen molar-refractivity contribution in [3.05, 3.63) is 21.2 Å². The van der Waals surface area contributed by atoms with E-state index in [0.717, 1.165) is 64.7 Å². The van der Waals surface area contributed by atoms with E-state index in [9.17, 15) is 39.6 Å². The Kier molecular flexibility index (Phi) is 12.0. The number of hydrogen-bond acceptors (Lipinski definition) is 10. The molecule has 0 aromatic rings. The second kappa shape index (κ2) is 16.1. The second-order valence-corrected chi connectivity index (χ2v) is 17.5. The van der Waals surface area contributed by atoms with Crippen molar-refractivity contribution >= 4 is 58.9 Å². The number of amidine groups is 2. The quantitative estimate of drug-likeness (QED) is 0.0616. The number of hydrogen-bond donors (Lipinski definition) is 6. The van der Waals surface area contributed by atoms with Crippen molar-refractivity contribution < 1.29 is 39.6 Å². The number of carboxylic acids is 2. The van der Waals surface area contributed by atoms with Gasteiger partial charge in [-0.25, -0.2) is 9.59 Å². The lowest BCUT2D eigenvalue weighted by atomic mass is 9.78. The number of β-lactam (4-membered cyclic amide) rings is 2. The molecule has 14 nitrogen and oxygen atoms in total. The van der Waals surface area contributed by atoms with Crippen LogP contribution in [0.4, 0.5) is 0 Å². The highest BCUT2D eigenvalue weighted by Crippen LogP contribution is 2.48. The third-order valence-electron chi connectivity index (χ3n) is 12.0. The van der Waals surface area contributed by atoms with Gasteiger partial charge in [0.15, 0.2) is 0 Å². The Morgan fingerprint density at radius 2 is 1.04 bits per heavy atom. The first-order valence-corrected chi connectivity index (χ1v) is 20.6. The van der Waals surface area contributed by atoms with Crippen molar-refractivity contribution in [1.82, 2.24) is 19.6 Å². The molecule has 0 spiro atoms. The molecule has 2 amide bonds. The Hall–Kier alpha value is -3.08. The molecule has 4 fully saturated rings. The van der Waals surface area contributed by atoms with Gasteiger partial charge in [0, 0.05) is 61.7 Å². The fraction of sp³-hybridized carbons (Fsp3) is 0.722. The number of carbonyl (C=O) groups is 4. The van der Waals surface area contributed by atoms with Crippen molar-refractivity contribution in [3.63, 3.8) is 0 Å². The van der Waals surface area contributed by atoms with Crippen molar-refractivity contribution in [2.75, 3.05) is 37.7 Å². The Labute approximate surface area is 313 Å². The number of carbonyl (C=O) groups excluding carboxylic acids is 2. The molecule has 6 aliphatic rings. The molecular formula is C36H52N6O8S2. The largest absolute Gasteiger partial charge is 0.477 e. The first-order valence-electron chi connectivity index (χ1n) is 18.7. The van der Waals surface area contributed by atoms with Gasteiger partial charge in [0.25, 0.3) is 0 Å². The van der Waals surface area contributed by atoms with Crippen LogP contribution in [0, 0.1) is 34.5 Å². The highest BCUT2D eigenvalue weighted by molar-refractivity contribution is 8.03. The maximum atomic E-state index is 12.4. The number of aliphatic carboxylic acids is 2. The smallest absolute Gasteiger partial charge is 0.353 e. The molecule has 0 aromatic carbocycles. The number of carboxylic acid groups (broad SMARTS) is 2. The van der Waals surface area contributed by atoms with Gasteiger partial charge in [0.2, 0.25) is 11.8 Å². The van der Waals surface area contributed by atoms with Gasteiger partial charge < -0.3 is 40.0 Å². The predicted octanol–water partition coefficient (Wildman–Crippen LogP) is 3.21. The summed E-state index contributed by atoms with van der Waals surface area (Å²) in [6.45, 7) is 6.61. The first-order chi connectivity index (χ1) is 24.8. The average molecular weight is 761 g/mol. The summed E-state index contributed by atoms with van der Waals surface area (Å²) in [6.07, 6.45) is 6.26.